The molecule has 0 bridgehead atoms. The van der Waals surface area contributed by atoms with Crippen LogP contribution in [-0.2, 0) is 16.0 Å². The van der Waals surface area contributed by atoms with Crippen LogP contribution >= 0.6 is 11.8 Å². The molecule has 0 saturated heterocycles. The summed E-state index contributed by atoms with van der Waals surface area (Å²) >= 11 is 1.28. The highest BCUT2D eigenvalue weighted by Crippen LogP contribution is 2.28. The van der Waals surface area contributed by atoms with Gasteiger partial charge in [0.05, 0.1) is 19.3 Å². The van der Waals surface area contributed by atoms with E-state index in [-0.39, 0.29) is 18.1 Å². The smallest absolute Gasteiger partial charge is 0.313 e. The molecule has 6 nitrogen and oxygen atoms in total. The van der Waals surface area contributed by atoms with Crippen molar-refractivity contribution in [1.29, 1.82) is 0 Å². The average molecular weight is 322 g/mol. The monoisotopic (exact) mass is 322 g/mol. The molecule has 1 aromatic heterocycles. The Morgan fingerprint density at radius 3 is 2.95 bits per heavy atom. The minimum atomic E-state index is -0.845. The zero-order valence-electron chi connectivity index (χ0n) is 12.2. The Kier molecular flexibility index (Phi) is 5.71. The molecule has 118 valence electrons. The van der Waals surface area contributed by atoms with E-state index >= 15 is 0 Å². The lowest BCUT2D eigenvalue weighted by molar-refractivity contribution is -0.133. The second kappa shape index (κ2) is 7.74. The number of H-pyrrole nitrogens is 1. The minimum Gasteiger partial charge on any atom is -0.496 e. The van der Waals surface area contributed by atoms with E-state index < -0.39 is 5.97 Å². The highest BCUT2D eigenvalue weighted by atomic mass is 32.2. The van der Waals surface area contributed by atoms with Crippen LogP contribution in [0.25, 0.3) is 10.9 Å². The SMILES string of the molecule is COc1cccc2[nH]cc(CC(=O)NCCSCC(=O)O)c12. The van der Waals surface area contributed by atoms with E-state index in [1.54, 1.807) is 7.11 Å². The fourth-order valence-electron chi connectivity index (χ4n) is 2.19. The molecule has 22 heavy (non-hydrogen) atoms. The van der Waals surface area contributed by atoms with E-state index in [0.717, 1.165) is 22.2 Å². The molecule has 0 atom stereocenters. The molecule has 3 N–H and O–H groups in total. The van der Waals surface area contributed by atoms with Crippen LogP contribution in [0.5, 0.6) is 5.75 Å². The summed E-state index contributed by atoms with van der Waals surface area (Å²) in [4.78, 5) is 25.5. The minimum absolute atomic E-state index is 0.0511. The molecule has 0 aliphatic heterocycles. The predicted octanol–water partition coefficient (Wildman–Crippen LogP) is 1.65. The highest BCUT2D eigenvalue weighted by molar-refractivity contribution is 7.99. The molecule has 0 fully saturated rings. The summed E-state index contributed by atoms with van der Waals surface area (Å²) < 4.78 is 5.33. The summed E-state index contributed by atoms with van der Waals surface area (Å²) in [6.07, 6.45) is 2.07. The van der Waals surface area contributed by atoms with Gasteiger partial charge in [-0.2, -0.15) is 0 Å². The number of methoxy groups -OCH3 is 1. The quantitative estimate of drug-likeness (QED) is 0.643. The molecule has 1 heterocycles. The zero-order valence-corrected chi connectivity index (χ0v) is 13.0. The van der Waals surface area contributed by atoms with E-state index in [1.807, 2.05) is 24.4 Å². The first-order valence-corrected chi connectivity index (χ1v) is 7.96. The maximum Gasteiger partial charge on any atom is 0.313 e. The number of aliphatic carboxylic acids is 1. The van der Waals surface area contributed by atoms with Crippen molar-refractivity contribution < 1.29 is 19.4 Å². The van der Waals surface area contributed by atoms with Crippen LogP contribution in [0.15, 0.2) is 24.4 Å². The van der Waals surface area contributed by atoms with E-state index in [2.05, 4.69) is 10.3 Å². The number of benzene rings is 1. The maximum atomic E-state index is 12.0. The van der Waals surface area contributed by atoms with Crippen molar-refractivity contribution in [3.05, 3.63) is 30.0 Å². The molecule has 7 heteroatoms. The number of amides is 1. The molecule has 1 aromatic carbocycles. The Balaban J connectivity index is 1.91. The van der Waals surface area contributed by atoms with Crippen molar-refractivity contribution in [1.82, 2.24) is 10.3 Å². The van der Waals surface area contributed by atoms with Gasteiger partial charge in [-0.3, -0.25) is 9.59 Å². The Labute approximate surface area is 132 Å². The molecule has 2 rings (SSSR count). The van der Waals surface area contributed by atoms with Gasteiger partial charge in [0.25, 0.3) is 0 Å². The first-order valence-electron chi connectivity index (χ1n) is 6.81. The molecular formula is C15H18N2O4S. The standard InChI is InChI=1S/C15H18N2O4S/c1-21-12-4-2-3-11-15(12)10(8-17-11)7-13(18)16-5-6-22-9-14(19)20/h2-4,8,17H,5-7,9H2,1H3,(H,16,18)(H,19,20). The lowest BCUT2D eigenvalue weighted by Gasteiger charge is -2.06. The number of aromatic nitrogens is 1. The van der Waals surface area contributed by atoms with Crippen molar-refractivity contribution in [3.8, 4) is 5.75 Å². The fraction of sp³-hybridized carbons (Fsp3) is 0.333. The Morgan fingerprint density at radius 1 is 1.41 bits per heavy atom. The molecule has 0 unspecified atom stereocenters. The van der Waals surface area contributed by atoms with E-state index in [1.165, 1.54) is 11.8 Å². The lowest BCUT2D eigenvalue weighted by atomic mass is 10.1. The number of fused-ring (bicyclic) bond motifs is 1. The third-order valence-corrected chi connectivity index (χ3v) is 4.06. The lowest BCUT2D eigenvalue weighted by Crippen LogP contribution is -2.27. The Hall–Kier alpha value is -2.15. The first-order chi connectivity index (χ1) is 10.6. The number of hydrogen-bond donors (Lipinski definition) is 3. The topological polar surface area (TPSA) is 91.4 Å². The average Bonchev–Trinajstić information content (AvgIpc) is 2.89. The van der Waals surface area contributed by atoms with Crippen LogP contribution < -0.4 is 10.1 Å². The van der Waals surface area contributed by atoms with Gasteiger partial charge in [-0.1, -0.05) is 6.07 Å². The molecule has 0 radical (unpaired) electrons. The number of ether oxygens (including phenoxy) is 1. The van der Waals surface area contributed by atoms with Crippen molar-refractivity contribution in [2.24, 2.45) is 0 Å². The number of hydrogen-bond acceptors (Lipinski definition) is 4. The molecule has 2 aromatic rings. The number of carbonyl (C=O) groups excluding carboxylic acids is 1. The van der Waals surface area contributed by atoms with Crippen LogP contribution in [0.3, 0.4) is 0 Å². The molecule has 0 saturated carbocycles. The molecule has 0 aliphatic rings. The normalized spacial score (nSPS) is 10.6. The van der Waals surface area contributed by atoms with Gasteiger partial charge in [0.1, 0.15) is 5.75 Å². The van der Waals surface area contributed by atoms with Crippen LogP contribution in [0, 0.1) is 0 Å². The number of carboxylic acid groups (broad SMARTS) is 1. The Bertz CT molecular complexity index is 669. The summed E-state index contributed by atoms with van der Waals surface area (Å²) in [5.74, 6) is 0.425. The molecule has 1 amide bonds. The van der Waals surface area contributed by atoms with Crippen molar-refractivity contribution in [2.75, 3.05) is 25.2 Å². The van der Waals surface area contributed by atoms with Gasteiger partial charge < -0.3 is 20.1 Å². The van der Waals surface area contributed by atoms with Gasteiger partial charge in [-0.05, 0) is 17.7 Å². The molecular weight excluding hydrogens is 304 g/mol. The summed E-state index contributed by atoms with van der Waals surface area (Å²) in [6.45, 7) is 0.455. The molecule has 0 spiro atoms. The third-order valence-electron chi connectivity index (χ3n) is 3.11. The second-order valence-corrected chi connectivity index (χ2v) is 5.77. The second-order valence-electron chi connectivity index (χ2n) is 4.67. The number of carbonyl (C=O) groups is 2. The summed E-state index contributed by atoms with van der Waals surface area (Å²) in [7, 11) is 1.60. The number of carboxylic acids is 1. The van der Waals surface area contributed by atoms with E-state index in [0.29, 0.717) is 12.3 Å². The summed E-state index contributed by atoms with van der Waals surface area (Å²) in [5.41, 5.74) is 1.81. The van der Waals surface area contributed by atoms with Gasteiger partial charge in [0.15, 0.2) is 0 Å². The van der Waals surface area contributed by atoms with Crippen molar-refractivity contribution in [3.63, 3.8) is 0 Å². The van der Waals surface area contributed by atoms with Crippen molar-refractivity contribution >= 4 is 34.5 Å². The van der Waals surface area contributed by atoms with E-state index in [9.17, 15) is 9.59 Å². The van der Waals surface area contributed by atoms with Crippen molar-refractivity contribution in [2.45, 2.75) is 6.42 Å². The summed E-state index contributed by atoms with van der Waals surface area (Å²) in [5, 5.41) is 12.2. The van der Waals surface area contributed by atoms with Crippen LogP contribution in [0.1, 0.15) is 5.56 Å². The maximum absolute atomic E-state index is 12.0. The van der Waals surface area contributed by atoms with Gasteiger partial charge in [0.2, 0.25) is 5.91 Å². The number of thioether (sulfide) groups is 1. The number of rotatable bonds is 8. The number of aromatic amines is 1. The predicted molar refractivity (Wildman–Crippen MR) is 86.5 cm³/mol. The van der Waals surface area contributed by atoms with E-state index in [4.69, 9.17) is 9.84 Å². The largest absolute Gasteiger partial charge is 0.496 e. The van der Waals surface area contributed by atoms with Gasteiger partial charge >= 0.3 is 5.97 Å². The third kappa shape index (κ3) is 4.17. The first kappa shape index (κ1) is 16.2. The van der Waals surface area contributed by atoms with Crippen LogP contribution in [0.2, 0.25) is 0 Å². The van der Waals surface area contributed by atoms with Gasteiger partial charge in [0, 0.05) is 29.4 Å². The van der Waals surface area contributed by atoms with Crippen LogP contribution in [0.4, 0.5) is 0 Å². The van der Waals surface area contributed by atoms with Gasteiger partial charge in [-0.25, -0.2) is 0 Å². The molecule has 0 aliphatic carbocycles. The summed E-state index contributed by atoms with van der Waals surface area (Å²) in [6, 6.07) is 5.68. The zero-order chi connectivity index (χ0) is 15.9. The van der Waals surface area contributed by atoms with Crippen LogP contribution in [-0.4, -0.2) is 47.1 Å². The fourth-order valence-corrected chi connectivity index (χ4v) is 2.75. The Morgan fingerprint density at radius 2 is 2.23 bits per heavy atom. The highest BCUT2D eigenvalue weighted by Gasteiger charge is 2.12. The number of nitrogens with one attached hydrogen (secondary N) is 2. The van der Waals surface area contributed by atoms with Gasteiger partial charge in [-0.15, -0.1) is 11.8 Å².